The molecule has 0 aromatic carbocycles. The van der Waals surface area contributed by atoms with Crippen LogP contribution in [-0.4, -0.2) is 27.3 Å². The number of imidazole rings is 1. The third-order valence-corrected chi connectivity index (χ3v) is 4.76. The molecule has 0 saturated carbocycles. The lowest BCUT2D eigenvalue weighted by molar-refractivity contribution is -0.621. The molecule has 8 nitrogen and oxygen atoms in total. The molecule has 0 radical (unpaired) electrons. The van der Waals surface area contributed by atoms with Crippen molar-refractivity contribution in [2.45, 2.75) is 39.4 Å². The molecule has 0 spiro atoms. The number of hydrogen-bond donors (Lipinski definition) is 0. The van der Waals surface area contributed by atoms with Gasteiger partial charge in [0, 0.05) is 40.1 Å². The van der Waals surface area contributed by atoms with Crippen molar-refractivity contribution in [2.24, 2.45) is 13.0 Å². The van der Waals surface area contributed by atoms with Gasteiger partial charge in [0.2, 0.25) is 0 Å². The van der Waals surface area contributed by atoms with Crippen molar-refractivity contribution in [2.75, 3.05) is 0 Å². The van der Waals surface area contributed by atoms with Crippen LogP contribution in [0.4, 0.5) is 0 Å². The van der Waals surface area contributed by atoms with Gasteiger partial charge in [-0.2, -0.15) is 0 Å². The van der Waals surface area contributed by atoms with E-state index in [2.05, 4.69) is 4.98 Å². The van der Waals surface area contributed by atoms with E-state index < -0.39 is 29.6 Å². The molecule has 26 heavy (non-hydrogen) atoms. The van der Waals surface area contributed by atoms with Crippen molar-refractivity contribution in [1.82, 2.24) is 9.55 Å². The Morgan fingerprint density at radius 1 is 1.19 bits per heavy atom. The molecule has 1 fully saturated rings. The van der Waals surface area contributed by atoms with Crippen LogP contribution in [-0.2, 0) is 26.1 Å². The molecule has 3 heterocycles. The second-order valence-electron chi connectivity index (χ2n) is 6.86. The first-order valence-corrected chi connectivity index (χ1v) is 8.25. The van der Waals surface area contributed by atoms with Crippen LogP contribution in [0.3, 0.4) is 0 Å². The van der Waals surface area contributed by atoms with Crippen molar-refractivity contribution in [3.8, 4) is 0 Å². The largest absolute Gasteiger partial charge is 0.711 e. The van der Waals surface area contributed by atoms with Gasteiger partial charge in [0.1, 0.15) is 17.3 Å². The van der Waals surface area contributed by atoms with E-state index in [4.69, 9.17) is 9.47 Å². The highest BCUT2D eigenvalue weighted by atomic mass is 16.7. The van der Waals surface area contributed by atoms with E-state index in [-0.39, 0.29) is 5.82 Å². The molecule has 0 amide bonds. The molecule has 1 saturated heterocycles. The number of esters is 2. The van der Waals surface area contributed by atoms with Crippen molar-refractivity contribution >= 4 is 11.9 Å². The minimum atomic E-state index is -1.33. The molecule has 0 unspecified atom stereocenters. The van der Waals surface area contributed by atoms with Crippen molar-refractivity contribution in [3.05, 3.63) is 52.5 Å². The number of nitrogens with zero attached hydrogens (tertiary/aromatic N) is 3. The van der Waals surface area contributed by atoms with Crippen molar-refractivity contribution in [3.63, 3.8) is 0 Å². The smallest absolute Gasteiger partial charge is 0.324 e. The van der Waals surface area contributed by atoms with Gasteiger partial charge in [-0.05, 0) is 17.7 Å². The topological polar surface area (TPSA) is 97.4 Å². The fraction of sp³-hybridized carbons (Fsp3) is 0.444. The van der Waals surface area contributed by atoms with Crippen LogP contribution >= 0.6 is 0 Å². The van der Waals surface area contributed by atoms with Crippen LogP contribution in [0.5, 0.6) is 0 Å². The number of ether oxygens (including phenoxy) is 2. The Kier molecular flexibility index (Phi) is 4.21. The van der Waals surface area contributed by atoms with Gasteiger partial charge in [0.05, 0.1) is 7.05 Å². The van der Waals surface area contributed by atoms with Crippen LogP contribution < -0.4 is 4.73 Å². The predicted molar refractivity (Wildman–Crippen MR) is 89.7 cm³/mol. The van der Waals surface area contributed by atoms with E-state index in [0.717, 1.165) is 10.4 Å². The first-order chi connectivity index (χ1) is 12.1. The summed E-state index contributed by atoms with van der Waals surface area (Å²) in [6, 6.07) is 3.34. The Morgan fingerprint density at radius 3 is 2.19 bits per heavy atom. The molecule has 0 aliphatic carbocycles. The van der Waals surface area contributed by atoms with Gasteiger partial charge in [-0.15, -0.1) is 0 Å². The van der Waals surface area contributed by atoms with Crippen LogP contribution in [0.25, 0.3) is 0 Å². The van der Waals surface area contributed by atoms with E-state index >= 15 is 0 Å². The number of carbonyl (C=O) groups is 2. The van der Waals surface area contributed by atoms with Crippen molar-refractivity contribution in [1.29, 1.82) is 0 Å². The molecule has 0 N–H and O–H groups in total. The highest BCUT2D eigenvalue weighted by Crippen LogP contribution is 2.37. The van der Waals surface area contributed by atoms with Gasteiger partial charge < -0.3 is 14.7 Å². The molecule has 1 atom stereocenters. The Hall–Kier alpha value is -2.90. The van der Waals surface area contributed by atoms with Gasteiger partial charge in [0.25, 0.3) is 11.6 Å². The zero-order valence-corrected chi connectivity index (χ0v) is 15.3. The van der Waals surface area contributed by atoms with Crippen LogP contribution in [0, 0.1) is 25.0 Å². The summed E-state index contributed by atoms with van der Waals surface area (Å²) >= 11 is 0. The van der Waals surface area contributed by atoms with E-state index in [0.29, 0.717) is 11.3 Å². The van der Waals surface area contributed by atoms with Crippen LogP contribution in [0.2, 0.25) is 0 Å². The maximum atomic E-state index is 12.8. The summed E-state index contributed by atoms with van der Waals surface area (Å²) < 4.78 is 13.0. The van der Waals surface area contributed by atoms with Gasteiger partial charge in [-0.1, -0.05) is 0 Å². The average molecular weight is 359 g/mol. The molecule has 2 aromatic heterocycles. The third-order valence-electron chi connectivity index (χ3n) is 4.76. The highest BCUT2D eigenvalue weighted by Gasteiger charge is 2.51. The van der Waals surface area contributed by atoms with Crippen LogP contribution in [0.1, 0.15) is 42.5 Å². The molecular weight excluding hydrogens is 338 g/mol. The quantitative estimate of drug-likeness (QED) is 0.354. The Bertz CT molecular complexity index is 827. The number of rotatable bonds is 3. The molecular formula is C18H21N3O5. The molecule has 3 rings (SSSR count). The zero-order chi connectivity index (χ0) is 19.2. The van der Waals surface area contributed by atoms with E-state index in [1.807, 2.05) is 0 Å². The Morgan fingerprint density at radius 2 is 1.73 bits per heavy atom. The minimum Gasteiger partial charge on any atom is -0.711 e. The van der Waals surface area contributed by atoms with E-state index in [1.165, 1.54) is 13.8 Å². The third kappa shape index (κ3) is 2.81. The first-order valence-electron chi connectivity index (χ1n) is 8.25. The number of pyridine rings is 1. The minimum absolute atomic E-state index is 0.268. The second kappa shape index (κ2) is 6.12. The Labute approximate surface area is 150 Å². The maximum absolute atomic E-state index is 12.8. The SMILES string of the molecule is Cc1c(C)[n+]([O-])c([C@@H](c2ccncc2)C2C(=O)OC(C)(C)OC2=O)n1C. The summed E-state index contributed by atoms with van der Waals surface area (Å²) in [4.78, 5) is 29.3. The highest BCUT2D eigenvalue weighted by molar-refractivity contribution is 5.98. The van der Waals surface area contributed by atoms with Crippen molar-refractivity contribution < 1.29 is 23.8 Å². The predicted octanol–water partition coefficient (Wildman–Crippen LogP) is 1.25. The lowest BCUT2D eigenvalue weighted by Gasteiger charge is -2.35. The van der Waals surface area contributed by atoms with Gasteiger partial charge >= 0.3 is 11.9 Å². The van der Waals surface area contributed by atoms with Crippen LogP contribution in [0.15, 0.2) is 24.5 Å². The number of aromatic nitrogens is 3. The number of cyclic esters (lactones) is 2. The zero-order valence-electron chi connectivity index (χ0n) is 15.3. The Balaban J connectivity index is 2.20. The van der Waals surface area contributed by atoms with Gasteiger partial charge in [-0.25, -0.2) is 9.30 Å². The lowest BCUT2D eigenvalue weighted by atomic mass is 9.84. The molecule has 2 aromatic rings. The summed E-state index contributed by atoms with van der Waals surface area (Å²) in [5.74, 6) is -4.64. The van der Waals surface area contributed by atoms with E-state index in [9.17, 15) is 14.8 Å². The molecule has 138 valence electrons. The van der Waals surface area contributed by atoms with E-state index in [1.54, 1.807) is 50.0 Å². The number of carbonyl (C=O) groups excluding carboxylic acids is 2. The fourth-order valence-electron chi connectivity index (χ4n) is 3.27. The summed E-state index contributed by atoms with van der Waals surface area (Å²) in [7, 11) is 1.73. The molecule has 0 bridgehead atoms. The fourth-order valence-corrected chi connectivity index (χ4v) is 3.27. The summed E-state index contributed by atoms with van der Waals surface area (Å²) in [6.45, 7) is 6.48. The molecule has 1 aliphatic heterocycles. The monoisotopic (exact) mass is 359 g/mol. The maximum Gasteiger partial charge on any atom is 0.324 e. The summed E-state index contributed by atoms with van der Waals surface area (Å²) in [5.41, 5.74) is 1.84. The normalized spacial score (nSPS) is 18.3. The number of hydrogen-bond acceptors (Lipinski definition) is 6. The van der Waals surface area contributed by atoms with Gasteiger partial charge in [-0.3, -0.25) is 14.6 Å². The lowest BCUT2D eigenvalue weighted by Crippen LogP contribution is -2.50. The second-order valence-corrected chi connectivity index (χ2v) is 6.86. The van der Waals surface area contributed by atoms with Gasteiger partial charge in [0.15, 0.2) is 5.92 Å². The molecule has 1 aliphatic rings. The first kappa shape index (κ1) is 17.9. The molecule has 8 heteroatoms. The average Bonchev–Trinajstić information content (AvgIpc) is 2.75. The summed E-state index contributed by atoms with van der Waals surface area (Å²) in [5, 5.41) is 12.8. The standard InChI is InChI=1S/C18H21N3O5/c1-10-11(2)21(24)15(20(10)5)13(12-6-8-19-9-7-12)14-16(22)25-18(3,4)26-17(14)23/h6-9,13-14H,1-5H3/t13-/m0/s1. The summed E-state index contributed by atoms with van der Waals surface area (Å²) in [6.07, 6.45) is 3.09.